The van der Waals surface area contributed by atoms with Crippen molar-refractivity contribution in [1.29, 1.82) is 0 Å². The number of hydrogen-bond donors (Lipinski definition) is 1. The first-order chi connectivity index (χ1) is 7.92. The Bertz CT molecular complexity index is 345. The van der Waals surface area contributed by atoms with Gasteiger partial charge in [-0.2, -0.15) is 16.7 Å². The molecule has 0 amide bonds. The van der Waals surface area contributed by atoms with E-state index in [0.29, 0.717) is 5.25 Å². The van der Waals surface area contributed by atoms with Crippen LogP contribution in [-0.2, 0) is 6.54 Å². The van der Waals surface area contributed by atoms with Gasteiger partial charge in [0.15, 0.2) is 5.82 Å². The maximum absolute atomic E-state index is 5.24. The van der Waals surface area contributed by atoms with Crippen molar-refractivity contribution in [3.8, 4) is 0 Å². The quantitative estimate of drug-likeness (QED) is 0.853. The first-order valence-corrected chi connectivity index (χ1v) is 7.11. The van der Waals surface area contributed by atoms with Crippen LogP contribution in [0.3, 0.4) is 0 Å². The number of nitrogens with one attached hydrogen (secondary N) is 1. The zero-order chi connectivity index (χ0) is 10.8. The number of rotatable bonds is 5. The molecule has 2 aliphatic rings. The van der Waals surface area contributed by atoms with Crippen molar-refractivity contribution in [2.45, 2.75) is 37.5 Å². The zero-order valence-corrected chi connectivity index (χ0v) is 10.1. The zero-order valence-electron chi connectivity index (χ0n) is 9.32. The molecule has 1 saturated heterocycles. The molecule has 2 fully saturated rings. The predicted molar refractivity (Wildman–Crippen MR) is 63.2 cm³/mol. The summed E-state index contributed by atoms with van der Waals surface area (Å²) in [4.78, 5) is 4.45. The second kappa shape index (κ2) is 4.75. The monoisotopic (exact) mass is 239 g/mol. The second-order valence-corrected chi connectivity index (χ2v) is 5.93. The van der Waals surface area contributed by atoms with Crippen molar-refractivity contribution in [2.75, 3.05) is 12.3 Å². The van der Waals surface area contributed by atoms with E-state index in [0.717, 1.165) is 30.7 Å². The van der Waals surface area contributed by atoms with E-state index in [9.17, 15) is 0 Å². The van der Waals surface area contributed by atoms with Gasteiger partial charge in [0.25, 0.3) is 0 Å². The van der Waals surface area contributed by atoms with E-state index in [-0.39, 0.29) is 0 Å². The summed E-state index contributed by atoms with van der Waals surface area (Å²) < 4.78 is 5.24. The Morgan fingerprint density at radius 2 is 2.31 bits per heavy atom. The maximum atomic E-state index is 5.24. The van der Waals surface area contributed by atoms with Crippen LogP contribution in [0.4, 0.5) is 0 Å². The first kappa shape index (κ1) is 10.6. The average Bonchev–Trinajstić information content (AvgIpc) is 2.83. The Morgan fingerprint density at radius 3 is 3.06 bits per heavy atom. The Labute approximate surface area is 99.6 Å². The second-order valence-electron chi connectivity index (χ2n) is 4.62. The van der Waals surface area contributed by atoms with E-state index in [1.165, 1.54) is 31.4 Å². The molecule has 4 nitrogen and oxygen atoms in total. The molecular formula is C11H17N3OS. The van der Waals surface area contributed by atoms with Crippen LogP contribution in [0.5, 0.6) is 0 Å². The van der Waals surface area contributed by atoms with Gasteiger partial charge < -0.3 is 9.84 Å². The van der Waals surface area contributed by atoms with Crippen LogP contribution in [-0.4, -0.2) is 22.4 Å². The third kappa shape index (κ3) is 2.58. The third-order valence-corrected chi connectivity index (χ3v) is 4.48. The molecule has 1 unspecified atom stereocenters. The van der Waals surface area contributed by atoms with Gasteiger partial charge in [0, 0.05) is 0 Å². The van der Waals surface area contributed by atoms with Crippen molar-refractivity contribution in [3.63, 3.8) is 0 Å². The van der Waals surface area contributed by atoms with Crippen molar-refractivity contribution in [2.24, 2.45) is 5.92 Å². The van der Waals surface area contributed by atoms with Gasteiger partial charge in [-0.25, -0.2) is 0 Å². The minimum atomic E-state index is 0.473. The van der Waals surface area contributed by atoms with E-state index >= 15 is 0 Å². The Morgan fingerprint density at radius 1 is 1.38 bits per heavy atom. The van der Waals surface area contributed by atoms with Crippen LogP contribution >= 0.6 is 11.8 Å². The van der Waals surface area contributed by atoms with Crippen LogP contribution in [0.25, 0.3) is 0 Å². The fraction of sp³-hybridized carbons (Fsp3) is 0.818. The number of hydrogen-bond acceptors (Lipinski definition) is 5. The largest absolute Gasteiger partial charge is 0.338 e. The van der Waals surface area contributed by atoms with Gasteiger partial charge >= 0.3 is 0 Å². The highest BCUT2D eigenvalue weighted by molar-refractivity contribution is 7.99. The average molecular weight is 239 g/mol. The van der Waals surface area contributed by atoms with Crippen molar-refractivity contribution < 1.29 is 4.52 Å². The smallest absolute Gasteiger partial charge is 0.240 e. The SMILES string of the molecule is C1CSC(c2noc(CNCC3CC3)n2)C1. The minimum absolute atomic E-state index is 0.473. The number of thioether (sulfide) groups is 1. The lowest BCUT2D eigenvalue weighted by Gasteiger charge is -1.99. The summed E-state index contributed by atoms with van der Waals surface area (Å²) in [6.45, 7) is 1.82. The summed E-state index contributed by atoms with van der Waals surface area (Å²) in [7, 11) is 0. The van der Waals surface area contributed by atoms with E-state index in [2.05, 4.69) is 15.5 Å². The Kier molecular flexibility index (Phi) is 3.15. The standard InChI is InChI=1S/C11H17N3OS/c1-2-9(16-5-1)11-13-10(15-14-11)7-12-6-8-3-4-8/h8-9,12H,1-7H2. The van der Waals surface area contributed by atoms with Crippen LogP contribution in [0.15, 0.2) is 4.52 Å². The van der Waals surface area contributed by atoms with Gasteiger partial charge in [0.05, 0.1) is 11.8 Å². The van der Waals surface area contributed by atoms with Gasteiger partial charge in [-0.3, -0.25) is 0 Å². The van der Waals surface area contributed by atoms with Crippen LogP contribution in [0.1, 0.15) is 42.6 Å². The molecule has 1 saturated carbocycles. The lowest BCUT2D eigenvalue weighted by atomic mass is 10.2. The van der Waals surface area contributed by atoms with Crippen molar-refractivity contribution in [1.82, 2.24) is 15.5 Å². The molecule has 1 aromatic rings. The van der Waals surface area contributed by atoms with E-state index in [4.69, 9.17) is 4.52 Å². The molecule has 1 N–H and O–H groups in total. The first-order valence-electron chi connectivity index (χ1n) is 6.06. The molecule has 2 heterocycles. The van der Waals surface area contributed by atoms with Gasteiger partial charge in [0.1, 0.15) is 0 Å². The van der Waals surface area contributed by atoms with Gasteiger partial charge in [-0.15, -0.1) is 0 Å². The molecule has 3 rings (SSSR count). The van der Waals surface area contributed by atoms with Crippen LogP contribution in [0, 0.1) is 5.92 Å². The summed E-state index contributed by atoms with van der Waals surface area (Å²) in [6, 6.07) is 0. The predicted octanol–water partition coefficient (Wildman–Crippen LogP) is 2.14. The molecule has 1 aliphatic heterocycles. The van der Waals surface area contributed by atoms with Gasteiger partial charge in [-0.1, -0.05) is 5.16 Å². The molecule has 0 aromatic carbocycles. The molecule has 0 radical (unpaired) electrons. The molecule has 16 heavy (non-hydrogen) atoms. The van der Waals surface area contributed by atoms with Crippen LogP contribution in [0.2, 0.25) is 0 Å². The summed E-state index contributed by atoms with van der Waals surface area (Å²) in [5.41, 5.74) is 0. The molecule has 1 aromatic heterocycles. The molecule has 5 heteroatoms. The molecule has 0 spiro atoms. The van der Waals surface area contributed by atoms with E-state index in [1.807, 2.05) is 11.8 Å². The lowest BCUT2D eigenvalue weighted by Crippen LogP contribution is -2.16. The lowest BCUT2D eigenvalue weighted by molar-refractivity contribution is 0.361. The third-order valence-electron chi connectivity index (χ3n) is 3.11. The molecule has 88 valence electrons. The minimum Gasteiger partial charge on any atom is -0.338 e. The summed E-state index contributed by atoms with van der Waals surface area (Å²) in [5.74, 6) is 3.76. The van der Waals surface area contributed by atoms with Gasteiger partial charge in [0.2, 0.25) is 5.89 Å². The molecular weight excluding hydrogens is 222 g/mol. The van der Waals surface area contributed by atoms with Gasteiger partial charge in [-0.05, 0) is 43.9 Å². The summed E-state index contributed by atoms with van der Waals surface area (Å²) in [6.07, 6.45) is 5.22. The highest BCUT2D eigenvalue weighted by Crippen LogP contribution is 2.38. The Hall–Kier alpha value is -0.550. The van der Waals surface area contributed by atoms with Crippen molar-refractivity contribution in [3.05, 3.63) is 11.7 Å². The fourth-order valence-corrected chi connectivity index (χ4v) is 3.15. The van der Waals surface area contributed by atoms with Crippen molar-refractivity contribution >= 4 is 11.8 Å². The fourth-order valence-electron chi connectivity index (χ4n) is 1.96. The van der Waals surface area contributed by atoms with Crippen LogP contribution < -0.4 is 5.32 Å². The number of nitrogens with zero attached hydrogens (tertiary/aromatic N) is 2. The van der Waals surface area contributed by atoms with E-state index < -0.39 is 0 Å². The Balaban J connectivity index is 1.50. The highest BCUT2D eigenvalue weighted by Gasteiger charge is 2.23. The maximum Gasteiger partial charge on any atom is 0.240 e. The number of aromatic nitrogens is 2. The highest BCUT2D eigenvalue weighted by atomic mass is 32.2. The molecule has 1 aliphatic carbocycles. The normalized spacial score (nSPS) is 25.1. The molecule has 1 atom stereocenters. The summed E-state index contributed by atoms with van der Waals surface area (Å²) in [5, 5.41) is 7.90. The topological polar surface area (TPSA) is 51.0 Å². The van der Waals surface area contributed by atoms with E-state index in [1.54, 1.807) is 0 Å². The molecule has 0 bridgehead atoms. The summed E-state index contributed by atoms with van der Waals surface area (Å²) >= 11 is 1.94.